The Bertz CT molecular complexity index is 138. The number of hydroxylamine groups is 2. The number of rotatable bonds is 2. The van der Waals surface area contributed by atoms with E-state index in [1.54, 1.807) is 7.11 Å². The maximum atomic E-state index is 9.38. The molecule has 1 N–H and O–H groups in total. The first-order valence-electron chi connectivity index (χ1n) is 4.60. The second-order valence-electron chi connectivity index (χ2n) is 3.97. The molecule has 1 fully saturated rings. The second kappa shape index (κ2) is 4.21. The summed E-state index contributed by atoms with van der Waals surface area (Å²) in [6.45, 7) is 5.82. The Morgan fingerprint density at radius 3 is 2.58 bits per heavy atom. The molecule has 0 spiro atoms. The number of hydrogen-bond acceptors (Lipinski definition) is 3. The van der Waals surface area contributed by atoms with E-state index in [0.29, 0.717) is 18.4 Å². The SMILES string of the molecule is COC1CC(C(C)C)CN(O)C1. The van der Waals surface area contributed by atoms with Crippen molar-refractivity contribution < 1.29 is 9.94 Å². The van der Waals surface area contributed by atoms with Gasteiger partial charge in [0, 0.05) is 13.7 Å². The van der Waals surface area contributed by atoms with Crippen LogP contribution >= 0.6 is 0 Å². The van der Waals surface area contributed by atoms with Gasteiger partial charge in [-0.2, -0.15) is 5.06 Å². The minimum Gasteiger partial charge on any atom is -0.380 e. The molecule has 1 aliphatic heterocycles. The van der Waals surface area contributed by atoms with E-state index >= 15 is 0 Å². The van der Waals surface area contributed by atoms with Crippen molar-refractivity contribution in [1.29, 1.82) is 0 Å². The Balaban J connectivity index is 2.45. The van der Waals surface area contributed by atoms with Gasteiger partial charge in [0.1, 0.15) is 0 Å². The monoisotopic (exact) mass is 173 g/mol. The predicted octanol–water partition coefficient (Wildman–Crippen LogP) is 1.37. The average Bonchev–Trinajstić information content (AvgIpc) is 2.03. The summed E-state index contributed by atoms with van der Waals surface area (Å²) < 4.78 is 5.24. The van der Waals surface area contributed by atoms with Crippen LogP contribution in [0.25, 0.3) is 0 Å². The third-order valence-electron chi connectivity index (χ3n) is 2.70. The van der Waals surface area contributed by atoms with E-state index in [1.165, 1.54) is 5.06 Å². The van der Waals surface area contributed by atoms with E-state index in [4.69, 9.17) is 4.74 Å². The Labute approximate surface area is 74.3 Å². The van der Waals surface area contributed by atoms with Crippen molar-refractivity contribution in [2.75, 3.05) is 20.2 Å². The van der Waals surface area contributed by atoms with Gasteiger partial charge in [-0.15, -0.1) is 0 Å². The van der Waals surface area contributed by atoms with Gasteiger partial charge in [0.15, 0.2) is 0 Å². The lowest BCUT2D eigenvalue weighted by atomic mass is 9.87. The molecule has 3 nitrogen and oxygen atoms in total. The van der Waals surface area contributed by atoms with Gasteiger partial charge in [-0.05, 0) is 18.3 Å². The van der Waals surface area contributed by atoms with Crippen molar-refractivity contribution in [1.82, 2.24) is 5.06 Å². The minimum atomic E-state index is 0.205. The van der Waals surface area contributed by atoms with Gasteiger partial charge < -0.3 is 9.94 Å². The van der Waals surface area contributed by atoms with E-state index in [0.717, 1.165) is 13.0 Å². The highest BCUT2D eigenvalue weighted by Crippen LogP contribution is 2.23. The van der Waals surface area contributed by atoms with Gasteiger partial charge in [-0.1, -0.05) is 13.8 Å². The second-order valence-corrected chi connectivity index (χ2v) is 3.97. The highest BCUT2D eigenvalue weighted by molar-refractivity contribution is 4.77. The summed E-state index contributed by atoms with van der Waals surface area (Å²) in [7, 11) is 1.71. The molecule has 1 saturated heterocycles. The smallest absolute Gasteiger partial charge is 0.0724 e. The molecular formula is C9H19NO2. The summed E-state index contributed by atoms with van der Waals surface area (Å²) in [5, 5.41) is 10.8. The zero-order chi connectivity index (χ0) is 9.14. The Hall–Kier alpha value is -0.120. The van der Waals surface area contributed by atoms with Crippen LogP contribution in [0.15, 0.2) is 0 Å². The van der Waals surface area contributed by atoms with Crippen LogP contribution in [0.2, 0.25) is 0 Å². The lowest BCUT2D eigenvalue weighted by Gasteiger charge is -2.35. The largest absolute Gasteiger partial charge is 0.380 e. The van der Waals surface area contributed by atoms with Gasteiger partial charge in [-0.25, -0.2) is 0 Å². The fraction of sp³-hybridized carbons (Fsp3) is 1.00. The molecular weight excluding hydrogens is 154 g/mol. The van der Waals surface area contributed by atoms with Gasteiger partial charge >= 0.3 is 0 Å². The third kappa shape index (κ3) is 2.44. The summed E-state index contributed by atoms with van der Waals surface area (Å²) in [5.41, 5.74) is 0. The molecule has 0 aliphatic carbocycles. The molecule has 1 aliphatic rings. The first kappa shape index (κ1) is 9.96. The molecule has 12 heavy (non-hydrogen) atoms. The number of hydrogen-bond donors (Lipinski definition) is 1. The fourth-order valence-corrected chi connectivity index (χ4v) is 1.72. The predicted molar refractivity (Wildman–Crippen MR) is 47.1 cm³/mol. The van der Waals surface area contributed by atoms with E-state index in [-0.39, 0.29) is 6.10 Å². The van der Waals surface area contributed by atoms with Crippen molar-refractivity contribution in [3.05, 3.63) is 0 Å². The fourth-order valence-electron chi connectivity index (χ4n) is 1.72. The molecule has 2 unspecified atom stereocenters. The summed E-state index contributed by atoms with van der Waals surface area (Å²) >= 11 is 0. The molecule has 0 saturated carbocycles. The van der Waals surface area contributed by atoms with Crippen LogP contribution in [-0.2, 0) is 4.74 Å². The third-order valence-corrected chi connectivity index (χ3v) is 2.70. The zero-order valence-electron chi connectivity index (χ0n) is 8.16. The lowest BCUT2D eigenvalue weighted by molar-refractivity contribution is -0.157. The molecule has 1 heterocycles. The van der Waals surface area contributed by atoms with Gasteiger partial charge in [0.05, 0.1) is 12.6 Å². The Morgan fingerprint density at radius 1 is 1.42 bits per heavy atom. The summed E-state index contributed by atoms with van der Waals surface area (Å²) in [5.74, 6) is 1.19. The van der Waals surface area contributed by atoms with Crippen LogP contribution in [0.4, 0.5) is 0 Å². The van der Waals surface area contributed by atoms with Crippen LogP contribution in [0.5, 0.6) is 0 Å². The molecule has 0 aromatic heterocycles. The van der Waals surface area contributed by atoms with E-state index < -0.39 is 0 Å². The first-order chi connectivity index (χ1) is 5.63. The zero-order valence-corrected chi connectivity index (χ0v) is 8.16. The molecule has 0 aromatic rings. The maximum Gasteiger partial charge on any atom is 0.0724 e. The van der Waals surface area contributed by atoms with Crippen LogP contribution in [0.1, 0.15) is 20.3 Å². The van der Waals surface area contributed by atoms with Crippen molar-refractivity contribution in [3.63, 3.8) is 0 Å². The maximum absolute atomic E-state index is 9.38. The van der Waals surface area contributed by atoms with Crippen LogP contribution in [0, 0.1) is 11.8 Å². The number of piperidine rings is 1. The molecule has 0 amide bonds. The number of methoxy groups -OCH3 is 1. The van der Waals surface area contributed by atoms with E-state index in [9.17, 15) is 5.21 Å². The molecule has 0 radical (unpaired) electrons. The molecule has 2 atom stereocenters. The molecule has 0 bridgehead atoms. The van der Waals surface area contributed by atoms with Gasteiger partial charge in [-0.3, -0.25) is 0 Å². The number of ether oxygens (including phenoxy) is 1. The topological polar surface area (TPSA) is 32.7 Å². The summed E-state index contributed by atoms with van der Waals surface area (Å²) in [6.07, 6.45) is 1.28. The summed E-state index contributed by atoms with van der Waals surface area (Å²) in [6, 6.07) is 0. The average molecular weight is 173 g/mol. The molecule has 72 valence electrons. The van der Waals surface area contributed by atoms with Crippen molar-refractivity contribution in [2.45, 2.75) is 26.4 Å². The Morgan fingerprint density at radius 2 is 2.08 bits per heavy atom. The Kier molecular flexibility index (Phi) is 3.50. The highest BCUT2D eigenvalue weighted by atomic mass is 16.5. The lowest BCUT2D eigenvalue weighted by Crippen LogP contribution is -2.43. The van der Waals surface area contributed by atoms with Gasteiger partial charge in [0.25, 0.3) is 0 Å². The van der Waals surface area contributed by atoms with E-state index in [2.05, 4.69) is 13.8 Å². The normalized spacial score (nSPS) is 32.8. The van der Waals surface area contributed by atoms with Crippen LogP contribution < -0.4 is 0 Å². The van der Waals surface area contributed by atoms with Crippen molar-refractivity contribution >= 4 is 0 Å². The van der Waals surface area contributed by atoms with Crippen LogP contribution in [0.3, 0.4) is 0 Å². The van der Waals surface area contributed by atoms with E-state index in [1.807, 2.05) is 0 Å². The van der Waals surface area contributed by atoms with Gasteiger partial charge in [0.2, 0.25) is 0 Å². The quantitative estimate of drug-likeness (QED) is 0.684. The van der Waals surface area contributed by atoms with Crippen LogP contribution in [-0.4, -0.2) is 36.6 Å². The number of nitrogens with zero attached hydrogens (tertiary/aromatic N) is 1. The van der Waals surface area contributed by atoms with Crippen molar-refractivity contribution in [2.24, 2.45) is 11.8 Å². The molecule has 0 aromatic carbocycles. The molecule has 3 heteroatoms. The summed E-state index contributed by atoms with van der Waals surface area (Å²) in [4.78, 5) is 0. The standard InChI is InChI=1S/C9H19NO2/c1-7(2)8-4-9(12-3)6-10(11)5-8/h7-9,11H,4-6H2,1-3H3. The first-order valence-corrected chi connectivity index (χ1v) is 4.60. The van der Waals surface area contributed by atoms with Crippen molar-refractivity contribution in [3.8, 4) is 0 Å². The highest BCUT2D eigenvalue weighted by Gasteiger charge is 2.27. The molecule has 1 rings (SSSR count). The minimum absolute atomic E-state index is 0.205.